The molecule has 154 valence electrons. The number of pyridine rings is 1. The fraction of sp³-hybridized carbons (Fsp3) is 0.174. The smallest absolute Gasteiger partial charge is 0.416 e. The molecule has 0 atom stereocenters. The molecule has 3 nitrogen and oxygen atoms in total. The summed E-state index contributed by atoms with van der Waals surface area (Å²) in [6.07, 6.45) is -4.32. The van der Waals surface area contributed by atoms with Gasteiger partial charge in [-0.05, 0) is 59.0 Å². The van der Waals surface area contributed by atoms with E-state index in [-0.39, 0.29) is 0 Å². The van der Waals surface area contributed by atoms with Gasteiger partial charge in [-0.15, -0.1) is 0 Å². The van der Waals surface area contributed by atoms with E-state index in [1.807, 2.05) is 29.6 Å². The Bertz CT molecular complexity index is 1140. The topological polar surface area (TPSA) is 34.1 Å². The van der Waals surface area contributed by atoms with Crippen LogP contribution in [-0.2, 0) is 19.3 Å². The molecule has 0 radical (unpaired) electrons. The van der Waals surface area contributed by atoms with Gasteiger partial charge in [0, 0.05) is 29.4 Å². The average Bonchev–Trinajstić information content (AvgIpc) is 3.27. The lowest BCUT2D eigenvalue weighted by Crippen LogP contribution is -2.14. The number of benzene rings is 2. The molecule has 0 bridgehead atoms. The minimum Gasteiger partial charge on any atom is -0.497 e. The van der Waals surface area contributed by atoms with E-state index in [1.165, 1.54) is 12.1 Å². The highest BCUT2D eigenvalue weighted by molar-refractivity contribution is 7.08. The number of methoxy groups -OCH3 is 1. The lowest BCUT2D eigenvalue weighted by Gasteiger charge is -2.12. The van der Waals surface area contributed by atoms with Crippen LogP contribution >= 0.6 is 11.3 Å². The van der Waals surface area contributed by atoms with E-state index in [1.54, 1.807) is 18.4 Å². The quantitative estimate of drug-likeness (QED) is 0.392. The zero-order chi connectivity index (χ0) is 21.1. The van der Waals surface area contributed by atoms with Gasteiger partial charge >= 0.3 is 6.18 Å². The highest BCUT2D eigenvalue weighted by Gasteiger charge is 2.29. The van der Waals surface area contributed by atoms with Crippen LogP contribution in [0.2, 0.25) is 0 Å². The Morgan fingerprint density at radius 1 is 1.00 bits per heavy atom. The first-order valence-electron chi connectivity index (χ1n) is 9.31. The number of rotatable bonds is 6. The van der Waals surface area contributed by atoms with Crippen LogP contribution in [0.5, 0.6) is 5.75 Å². The van der Waals surface area contributed by atoms with Gasteiger partial charge in [-0.1, -0.05) is 12.1 Å². The fourth-order valence-electron chi connectivity index (χ4n) is 3.26. The molecule has 0 saturated heterocycles. The number of halogens is 3. The second-order valence-electron chi connectivity index (χ2n) is 6.86. The molecule has 0 fully saturated rings. The summed E-state index contributed by atoms with van der Waals surface area (Å²) in [4.78, 5) is 4.84. The van der Waals surface area contributed by atoms with Gasteiger partial charge in [0.05, 0.1) is 23.9 Å². The van der Waals surface area contributed by atoms with Crippen LogP contribution in [0.25, 0.3) is 22.2 Å². The molecule has 0 spiro atoms. The van der Waals surface area contributed by atoms with Crippen LogP contribution < -0.4 is 10.1 Å². The Hall–Kier alpha value is -2.90. The molecule has 0 aliphatic carbocycles. The van der Waals surface area contributed by atoms with Gasteiger partial charge in [0.2, 0.25) is 0 Å². The summed E-state index contributed by atoms with van der Waals surface area (Å²) in [5.41, 5.74) is 3.98. The molecule has 2 aromatic heterocycles. The number of alkyl halides is 3. The van der Waals surface area contributed by atoms with Crippen molar-refractivity contribution in [3.8, 4) is 17.0 Å². The zero-order valence-corrected chi connectivity index (χ0v) is 17.0. The highest BCUT2D eigenvalue weighted by atomic mass is 32.1. The van der Waals surface area contributed by atoms with Crippen molar-refractivity contribution in [2.24, 2.45) is 0 Å². The van der Waals surface area contributed by atoms with Crippen LogP contribution in [-0.4, -0.2) is 12.1 Å². The van der Waals surface area contributed by atoms with Crippen LogP contribution in [0.1, 0.15) is 16.7 Å². The minimum atomic E-state index is -4.32. The van der Waals surface area contributed by atoms with Crippen molar-refractivity contribution < 1.29 is 17.9 Å². The number of hydrogen-bond acceptors (Lipinski definition) is 4. The predicted molar refractivity (Wildman–Crippen MR) is 114 cm³/mol. The maximum absolute atomic E-state index is 12.7. The van der Waals surface area contributed by atoms with Gasteiger partial charge in [-0.2, -0.15) is 24.5 Å². The summed E-state index contributed by atoms with van der Waals surface area (Å²) >= 11 is 1.61. The summed E-state index contributed by atoms with van der Waals surface area (Å²) in [5.74, 6) is 0.760. The molecule has 0 amide bonds. The van der Waals surface area contributed by atoms with Crippen molar-refractivity contribution in [3.63, 3.8) is 0 Å². The van der Waals surface area contributed by atoms with Crippen molar-refractivity contribution in [1.82, 2.24) is 10.3 Å². The first-order chi connectivity index (χ1) is 14.4. The van der Waals surface area contributed by atoms with E-state index in [0.29, 0.717) is 13.1 Å². The molecule has 0 saturated carbocycles. The highest BCUT2D eigenvalue weighted by Crippen LogP contribution is 2.30. The number of fused-ring (bicyclic) bond motifs is 1. The van der Waals surface area contributed by atoms with Crippen LogP contribution in [0, 0.1) is 0 Å². The first-order valence-corrected chi connectivity index (χ1v) is 10.3. The number of nitrogens with zero attached hydrogens (tertiary/aromatic N) is 1. The van der Waals surface area contributed by atoms with Crippen molar-refractivity contribution in [2.45, 2.75) is 19.3 Å². The lowest BCUT2D eigenvalue weighted by atomic mass is 10.0. The van der Waals surface area contributed by atoms with Crippen molar-refractivity contribution in [1.29, 1.82) is 0 Å². The van der Waals surface area contributed by atoms with Crippen molar-refractivity contribution in [3.05, 3.63) is 82.0 Å². The van der Waals surface area contributed by atoms with Gasteiger partial charge in [-0.3, -0.25) is 0 Å². The maximum atomic E-state index is 12.7. The largest absolute Gasteiger partial charge is 0.497 e. The zero-order valence-electron chi connectivity index (χ0n) is 16.2. The van der Waals surface area contributed by atoms with Gasteiger partial charge in [-0.25, -0.2) is 4.98 Å². The summed E-state index contributed by atoms with van der Waals surface area (Å²) in [7, 11) is 1.63. The van der Waals surface area contributed by atoms with Crippen LogP contribution in [0.15, 0.2) is 65.4 Å². The number of hydrogen-bond donors (Lipinski definition) is 1. The monoisotopic (exact) mass is 428 g/mol. The standard InChI is InChI=1S/C23H19F3N2OS/c1-29-20-6-7-21-17(11-20)10-18(22(28-21)16-8-9-30-14-16)13-27-12-15-2-4-19(5-3-15)23(24,25)26/h2-11,14,27H,12-13H2,1H3. The predicted octanol–water partition coefficient (Wildman–Crippen LogP) is 6.28. The van der Waals surface area contributed by atoms with Gasteiger partial charge in [0.1, 0.15) is 5.75 Å². The third-order valence-electron chi connectivity index (χ3n) is 4.82. The Balaban J connectivity index is 1.57. The van der Waals surface area contributed by atoms with Crippen LogP contribution in [0.3, 0.4) is 0 Å². The molecule has 4 rings (SSSR count). The molecular formula is C23H19F3N2OS. The van der Waals surface area contributed by atoms with E-state index < -0.39 is 11.7 Å². The second-order valence-corrected chi connectivity index (χ2v) is 7.65. The number of ether oxygens (including phenoxy) is 1. The summed E-state index contributed by atoms with van der Waals surface area (Å²) in [6, 6.07) is 15.1. The van der Waals surface area contributed by atoms with E-state index in [0.717, 1.165) is 51.2 Å². The molecule has 0 aliphatic heterocycles. The maximum Gasteiger partial charge on any atom is 0.416 e. The molecule has 4 aromatic rings. The Kier molecular flexibility index (Phi) is 5.74. The van der Waals surface area contributed by atoms with Gasteiger partial charge in [0.15, 0.2) is 0 Å². The van der Waals surface area contributed by atoms with E-state index in [2.05, 4.69) is 16.8 Å². The summed E-state index contributed by atoms with van der Waals surface area (Å²) < 4.78 is 43.5. The fourth-order valence-corrected chi connectivity index (χ4v) is 3.90. The van der Waals surface area contributed by atoms with E-state index in [9.17, 15) is 13.2 Å². The third kappa shape index (κ3) is 4.47. The average molecular weight is 428 g/mol. The Morgan fingerprint density at radius 3 is 2.47 bits per heavy atom. The Morgan fingerprint density at radius 2 is 1.80 bits per heavy atom. The Labute approximate surface area is 176 Å². The molecule has 0 aliphatic rings. The number of nitrogens with one attached hydrogen (secondary N) is 1. The normalized spacial score (nSPS) is 11.7. The van der Waals surface area contributed by atoms with E-state index >= 15 is 0 Å². The van der Waals surface area contributed by atoms with Crippen molar-refractivity contribution in [2.75, 3.05) is 7.11 Å². The molecule has 2 heterocycles. The molecule has 0 unspecified atom stereocenters. The second kappa shape index (κ2) is 8.45. The minimum absolute atomic E-state index is 0.456. The molecule has 2 aromatic carbocycles. The molecular weight excluding hydrogens is 409 g/mol. The SMILES string of the molecule is COc1ccc2nc(-c3ccsc3)c(CNCc3ccc(C(F)(F)F)cc3)cc2c1. The lowest BCUT2D eigenvalue weighted by molar-refractivity contribution is -0.137. The summed E-state index contributed by atoms with van der Waals surface area (Å²) in [5, 5.41) is 8.36. The number of thiophene rings is 1. The van der Waals surface area contributed by atoms with E-state index in [4.69, 9.17) is 9.72 Å². The van der Waals surface area contributed by atoms with Crippen molar-refractivity contribution >= 4 is 22.2 Å². The summed E-state index contributed by atoms with van der Waals surface area (Å²) in [6.45, 7) is 0.990. The van der Waals surface area contributed by atoms with Gasteiger partial charge in [0.25, 0.3) is 0 Å². The molecule has 30 heavy (non-hydrogen) atoms. The molecule has 1 N–H and O–H groups in total. The number of aromatic nitrogens is 1. The molecule has 7 heteroatoms. The first kappa shape index (κ1) is 20.4. The third-order valence-corrected chi connectivity index (χ3v) is 5.50. The van der Waals surface area contributed by atoms with Crippen LogP contribution in [0.4, 0.5) is 13.2 Å². The van der Waals surface area contributed by atoms with Gasteiger partial charge < -0.3 is 10.1 Å².